The monoisotopic (exact) mass is 285 g/mol. The van der Waals surface area contributed by atoms with E-state index in [1.165, 1.54) is 11.1 Å². The van der Waals surface area contributed by atoms with Gasteiger partial charge in [-0.1, -0.05) is 44.2 Å². The Kier molecular flexibility index (Phi) is 5.23. The molecule has 0 aliphatic rings. The molecular formula is C18H23NO2. The second kappa shape index (κ2) is 7.14. The third-order valence-corrected chi connectivity index (χ3v) is 3.39. The molecule has 21 heavy (non-hydrogen) atoms. The molecule has 2 aromatic rings. The summed E-state index contributed by atoms with van der Waals surface area (Å²) in [6.45, 7) is 5.19. The number of ether oxygens (including phenoxy) is 2. The van der Waals surface area contributed by atoms with Crippen LogP contribution < -0.4 is 14.8 Å². The molecule has 2 rings (SSSR count). The zero-order valence-electron chi connectivity index (χ0n) is 13.1. The molecule has 3 heteroatoms. The summed E-state index contributed by atoms with van der Waals surface area (Å²) in [5.41, 5.74) is 3.58. The molecule has 0 unspecified atom stereocenters. The molecule has 0 saturated carbocycles. The summed E-state index contributed by atoms with van der Waals surface area (Å²) in [4.78, 5) is 0. The van der Waals surface area contributed by atoms with Crippen molar-refractivity contribution in [1.82, 2.24) is 5.32 Å². The van der Waals surface area contributed by atoms with Crippen LogP contribution in [0.3, 0.4) is 0 Å². The van der Waals surface area contributed by atoms with Crippen molar-refractivity contribution in [3.8, 4) is 22.6 Å². The third kappa shape index (κ3) is 3.99. The SMILES string of the molecule is COc1ccc(-c2ccc(CNC(C)C)cc2)cc1OC. The Hall–Kier alpha value is -2.00. The second-order valence-electron chi connectivity index (χ2n) is 5.30. The molecule has 0 aromatic heterocycles. The maximum absolute atomic E-state index is 5.35. The van der Waals surface area contributed by atoms with Gasteiger partial charge in [-0.25, -0.2) is 0 Å². The lowest BCUT2D eigenvalue weighted by Crippen LogP contribution is -2.21. The predicted octanol–water partition coefficient (Wildman–Crippen LogP) is 3.87. The van der Waals surface area contributed by atoms with Gasteiger partial charge in [0.1, 0.15) is 0 Å². The van der Waals surface area contributed by atoms with Gasteiger partial charge in [-0.3, -0.25) is 0 Å². The fourth-order valence-electron chi connectivity index (χ4n) is 2.15. The van der Waals surface area contributed by atoms with E-state index in [0.29, 0.717) is 6.04 Å². The summed E-state index contributed by atoms with van der Waals surface area (Å²) in [6, 6.07) is 15.1. The second-order valence-corrected chi connectivity index (χ2v) is 5.30. The normalized spacial score (nSPS) is 10.7. The highest BCUT2D eigenvalue weighted by atomic mass is 16.5. The summed E-state index contributed by atoms with van der Waals surface area (Å²) >= 11 is 0. The Morgan fingerprint density at radius 2 is 1.48 bits per heavy atom. The van der Waals surface area contributed by atoms with Crippen LogP contribution in [0.5, 0.6) is 11.5 Å². The van der Waals surface area contributed by atoms with Gasteiger partial charge in [0.2, 0.25) is 0 Å². The van der Waals surface area contributed by atoms with Crippen LogP contribution in [0.25, 0.3) is 11.1 Å². The van der Waals surface area contributed by atoms with Crippen LogP contribution in [0, 0.1) is 0 Å². The number of nitrogens with one attached hydrogen (secondary N) is 1. The Morgan fingerprint density at radius 1 is 0.857 bits per heavy atom. The average molecular weight is 285 g/mol. The number of hydrogen-bond donors (Lipinski definition) is 1. The summed E-state index contributed by atoms with van der Waals surface area (Å²) in [6.07, 6.45) is 0. The van der Waals surface area contributed by atoms with Gasteiger partial charge in [0.25, 0.3) is 0 Å². The van der Waals surface area contributed by atoms with Crippen molar-refractivity contribution < 1.29 is 9.47 Å². The van der Waals surface area contributed by atoms with Gasteiger partial charge in [0.05, 0.1) is 14.2 Å². The van der Waals surface area contributed by atoms with Crippen LogP contribution >= 0.6 is 0 Å². The highest BCUT2D eigenvalue weighted by Crippen LogP contribution is 2.32. The minimum atomic E-state index is 0.496. The number of hydrogen-bond acceptors (Lipinski definition) is 3. The van der Waals surface area contributed by atoms with E-state index in [1.54, 1.807) is 14.2 Å². The van der Waals surface area contributed by atoms with E-state index in [1.807, 2.05) is 18.2 Å². The minimum absolute atomic E-state index is 0.496. The summed E-state index contributed by atoms with van der Waals surface area (Å²) < 4.78 is 10.6. The lowest BCUT2D eigenvalue weighted by Gasteiger charge is -2.11. The molecule has 0 heterocycles. The van der Waals surface area contributed by atoms with E-state index in [0.717, 1.165) is 23.6 Å². The van der Waals surface area contributed by atoms with Crippen molar-refractivity contribution in [3.05, 3.63) is 48.0 Å². The largest absolute Gasteiger partial charge is 0.493 e. The Morgan fingerprint density at radius 3 is 2.05 bits per heavy atom. The Bertz CT molecular complexity index is 576. The predicted molar refractivity (Wildman–Crippen MR) is 87.0 cm³/mol. The molecule has 0 atom stereocenters. The molecule has 3 nitrogen and oxygen atoms in total. The fourth-order valence-corrected chi connectivity index (χ4v) is 2.15. The van der Waals surface area contributed by atoms with Gasteiger partial charge in [-0.15, -0.1) is 0 Å². The van der Waals surface area contributed by atoms with E-state index < -0.39 is 0 Å². The molecule has 0 saturated heterocycles. The maximum Gasteiger partial charge on any atom is 0.161 e. The minimum Gasteiger partial charge on any atom is -0.493 e. The molecule has 0 spiro atoms. The van der Waals surface area contributed by atoms with Gasteiger partial charge >= 0.3 is 0 Å². The van der Waals surface area contributed by atoms with Crippen LogP contribution in [-0.4, -0.2) is 20.3 Å². The van der Waals surface area contributed by atoms with E-state index in [2.05, 4.69) is 43.4 Å². The lowest BCUT2D eigenvalue weighted by atomic mass is 10.0. The van der Waals surface area contributed by atoms with Crippen molar-refractivity contribution in [3.63, 3.8) is 0 Å². The highest BCUT2D eigenvalue weighted by Gasteiger charge is 2.06. The molecule has 112 valence electrons. The fraction of sp³-hybridized carbons (Fsp3) is 0.333. The first-order valence-corrected chi connectivity index (χ1v) is 7.18. The molecule has 0 fully saturated rings. The summed E-state index contributed by atoms with van der Waals surface area (Å²) in [5, 5.41) is 3.42. The topological polar surface area (TPSA) is 30.5 Å². The van der Waals surface area contributed by atoms with Gasteiger partial charge < -0.3 is 14.8 Å². The van der Waals surface area contributed by atoms with Gasteiger partial charge in [0, 0.05) is 12.6 Å². The molecule has 1 N–H and O–H groups in total. The first kappa shape index (κ1) is 15.4. The lowest BCUT2D eigenvalue weighted by molar-refractivity contribution is 0.355. The van der Waals surface area contributed by atoms with Gasteiger partial charge in [-0.05, 0) is 28.8 Å². The van der Waals surface area contributed by atoms with Crippen LogP contribution in [0.2, 0.25) is 0 Å². The molecule has 0 bridgehead atoms. The standard InChI is InChI=1S/C18H23NO2/c1-13(2)19-12-14-5-7-15(8-6-14)16-9-10-17(20-3)18(11-16)21-4/h5-11,13,19H,12H2,1-4H3. The van der Waals surface area contributed by atoms with Crippen molar-refractivity contribution in [2.75, 3.05) is 14.2 Å². The summed E-state index contributed by atoms with van der Waals surface area (Å²) in [5.74, 6) is 1.50. The van der Waals surface area contributed by atoms with E-state index >= 15 is 0 Å². The van der Waals surface area contributed by atoms with Crippen molar-refractivity contribution >= 4 is 0 Å². The molecule has 0 aliphatic heterocycles. The van der Waals surface area contributed by atoms with Crippen molar-refractivity contribution in [2.24, 2.45) is 0 Å². The Balaban J connectivity index is 2.18. The van der Waals surface area contributed by atoms with Crippen LogP contribution in [-0.2, 0) is 6.54 Å². The van der Waals surface area contributed by atoms with E-state index in [4.69, 9.17) is 9.47 Å². The van der Waals surface area contributed by atoms with Crippen LogP contribution in [0.1, 0.15) is 19.4 Å². The van der Waals surface area contributed by atoms with E-state index in [9.17, 15) is 0 Å². The van der Waals surface area contributed by atoms with Gasteiger partial charge in [0.15, 0.2) is 11.5 Å². The molecule has 0 radical (unpaired) electrons. The molecule has 2 aromatic carbocycles. The van der Waals surface area contributed by atoms with E-state index in [-0.39, 0.29) is 0 Å². The molecular weight excluding hydrogens is 262 g/mol. The van der Waals surface area contributed by atoms with Crippen molar-refractivity contribution in [2.45, 2.75) is 26.4 Å². The van der Waals surface area contributed by atoms with Crippen molar-refractivity contribution in [1.29, 1.82) is 0 Å². The highest BCUT2D eigenvalue weighted by molar-refractivity contribution is 5.67. The quantitative estimate of drug-likeness (QED) is 0.874. The first-order valence-electron chi connectivity index (χ1n) is 7.18. The third-order valence-electron chi connectivity index (χ3n) is 3.39. The van der Waals surface area contributed by atoms with Crippen LogP contribution in [0.4, 0.5) is 0 Å². The average Bonchev–Trinajstić information content (AvgIpc) is 2.52. The maximum atomic E-state index is 5.35. The van der Waals surface area contributed by atoms with Gasteiger partial charge in [-0.2, -0.15) is 0 Å². The number of rotatable bonds is 6. The Labute approximate surface area is 126 Å². The number of benzene rings is 2. The first-order chi connectivity index (χ1) is 10.1. The van der Waals surface area contributed by atoms with Crippen LogP contribution in [0.15, 0.2) is 42.5 Å². The summed E-state index contributed by atoms with van der Waals surface area (Å²) in [7, 11) is 3.30. The molecule has 0 aliphatic carbocycles. The molecule has 0 amide bonds. The zero-order valence-corrected chi connectivity index (χ0v) is 13.1. The zero-order chi connectivity index (χ0) is 15.2. The number of methoxy groups -OCH3 is 2. The smallest absolute Gasteiger partial charge is 0.161 e.